The molecule has 2 rings (SSSR count). The molecular weight excluding hydrogens is 287 g/mol. The quantitative estimate of drug-likeness (QED) is 0.909. The molecule has 1 atom stereocenters. The van der Waals surface area contributed by atoms with Gasteiger partial charge in [0.2, 0.25) is 0 Å². The number of nitrogens with zero attached hydrogens (tertiary/aromatic N) is 2. The summed E-state index contributed by atoms with van der Waals surface area (Å²) in [6, 6.07) is 5.77. The van der Waals surface area contributed by atoms with Crippen molar-refractivity contribution in [2.24, 2.45) is 5.92 Å². The van der Waals surface area contributed by atoms with E-state index in [-0.39, 0.29) is 5.92 Å². The number of likely N-dealkylation sites (tertiary alicyclic amines) is 1. The van der Waals surface area contributed by atoms with Gasteiger partial charge in [-0.25, -0.2) is 0 Å². The fourth-order valence-electron chi connectivity index (χ4n) is 2.41. The zero-order valence-corrected chi connectivity index (χ0v) is 11.7. The third-order valence-electron chi connectivity index (χ3n) is 3.28. The SMILES string of the molecule is N#Cc1ccc(CNCC2CCN(CC(F)(F)F)C2)s1. The third kappa shape index (κ3) is 4.78. The average Bonchev–Trinajstić information content (AvgIpc) is 2.97. The highest BCUT2D eigenvalue weighted by Crippen LogP contribution is 2.22. The summed E-state index contributed by atoms with van der Waals surface area (Å²) in [6.07, 6.45) is -3.30. The smallest absolute Gasteiger partial charge is 0.312 e. The van der Waals surface area contributed by atoms with Crippen LogP contribution in [0, 0.1) is 17.2 Å². The lowest BCUT2D eigenvalue weighted by Crippen LogP contribution is -2.33. The second-order valence-electron chi connectivity index (χ2n) is 5.01. The van der Waals surface area contributed by atoms with E-state index in [2.05, 4.69) is 11.4 Å². The van der Waals surface area contributed by atoms with Crippen LogP contribution in [0.5, 0.6) is 0 Å². The first kappa shape index (κ1) is 15.3. The largest absolute Gasteiger partial charge is 0.401 e. The molecule has 1 aromatic rings. The summed E-state index contributed by atoms with van der Waals surface area (Å²) in [5.41, 5.74) is 0. The number of hydrogen-bond acceptors (Lipinski definition) is 4. The predicted molar refractivity (Wildman–Crippen MR) is 71.3 cm³/mol. The van der Waals surface area contributed by atoms with Gasteiger partial charge in [0.25, 0.3) is 0 Å². The second kappa shape index (κ2) is 6.57. The number of alkyl halides is 3. The molecule has 0 aliphatic carbocycles. The van der Waals surface area contributed by atoms with Crippen molar-refractivity contribution in [3.05, 3.63) is 21.9 Å². The Kier molecular flexibility index (Phi) is 5.02. The maximum absolute atomic E-state index is 12.3. The molecule has 2 heterocycles. The Morgan fingerprint density at radius 2 is 2.25 bits per heavy atom. The van der Waals surface area contributed by atoms with Gasteiger partial charge < -0.3 is 5.32 Å². The van der Waals surface area contributed by atoms with Gasteiger partial charge in [-0.15, -0.1) is 11.3 Å². The Balaban J connectivity index is 1.67. The summed E-state index contributed by atoms with van der Waals surface area (Å²) in [4.78, 5) is 3.22. The monoisotopic (exact) mass is 303 g/mol. The molecule has 20 heavy (non-hydrogen) atoms. The zero-order chi connectivity index (χ0) is 14.6. The van der Waals surface area contributed by atoms with Crippen LogP contribution in [0.4, 0.5) is 13.2 Å². The molecule has 1 unspecified atom stereocenters. The van der Waals surface area contributed by atoms with E-state index in [0.29, 0.717) is 31.1 Å². The number of nitriles is 1. The summed E-state index contributed by atoms with van der Waals surface area (Å²) < 4.78 is 36.8. The zero-order valence-electron chi connectivity index (χ0n) is 10.9. The van der Waals surface area contributed by atoms with Crippen LogP contribution in [0.1, 0.15) is 16.2 Å². The van der Waals surface area contributed by atoms with E-state index in [9.17, 15) is 13.2 Å². The number of halogens is 3. The Hall–Kier alpha value is -1.10. The molecule has 0 aromatic carbocycles. The lowest BCUT2D eigenvalue weighted by molar-refractivity contribution is -0.143. The molecule has 110 valence electrons. The van der Waals surface area contributed by atoms with Gasteiger partial charge in [0.1, 0.15) is 10.9 Å². The van der Waals surface area contributed by atoms with Gasteiger partial charge in [-0.05, 0) is 37.6 Å². The summed E-state index contributed by atoms with van der Waals surface area (Å²) in [5.74, 6) is 0.271. The molecule has 0 spiro atoms. The summed E-state index contributed by atoms with van der Waals surface area (Å²) in [5, 5.41) is 12.0. The van der Waals surface area contributed by atoms with Crippen molar-refractivity contribution in [3.8, 4) is 6.07 Å². The molecular formula is C13H16F3N3S. The van der Waals surface area contributed by atoms with Gasteiger partial charge in [0.05, 0.1) is 6.54 Å². The van der Waals surface area contributed by atoms with Crippen molar-refractivity contribution in [2.75, 3.05) is 26.2 Å². The van der Waals surface area contributed by atoms with Gasteiger partial charge >= 0.3 is 6.18 Å². The molecule has 1 N–H and O–H groups in total. The molecule has 1 saturated heterocycles. The Morgan fingerprint density at radius 3 is 2.90 bits per heavy atom. The molecule has 1 aliphatic rings. The van der Waals surface area contributed by atoms with Crippen molar-refractivity contribution in [3.63, 3.8) is 0 Å². The van der Waals surface area contributed by atoms with Crippen LogP contribution in [-0.2, 0) is 6.54 Å². The molecule has 1 aromatic heterocycles. The summed E-state index contributed by atoms with van der Waals surface area (Å²) in [7, 11) is 0. The number of nitrogens with one attached hydrogen (secondary N) is 1. The minimum Gasteiger partial charge on any atom is -0.312 e. The number of hydrogen-bond donors (Lipinski definition) is 1. The summed E-state index contributed by atoms with van der Waals surface area (Å²) in [6.45, 7) is 1.60. The van der Waals surface area contributed by atoms with E-state index in [4.69, 9.17) is 5.26 Å². The van der Waals surface area contributed by atoms with Crippen molar-refractivity contribution in [1.29, 1.82) is 5.26 Å². The Morgan fingerprint density at radius 1 is 1.45 bits per heavy atom. The lowest BCUT2D eigenvalue weighted by Gasteiger charge is -2.17. The third-order valence-corrected chi connectivity index (χ3v) is 4.27. The van der Waals surface area contributed by atoms with Crippen LogP contribution in [0.15, 0.2) is 12.1 Å². The van der Waals surface area contributed by atoms with Gasteiger partial charge in [0.15, 0.2) is 0 Å². The van der Waals surface area contributed by atoms with Crippen molar-refractivity contribution >= 4 is 11.3 Å². The van der Waals surface area contributed by atoms with E-state index in [1.54, 1.807) is 6.07 Å². The van der Waals surface area contributed by atoms with Crippen LogP contribution >= 0.6 is 11.3 Å². The highest BCUT2D eigenvalue weighted by molar-refractivity contribution is 7.12. The maximum Gasteiger partial charge on any atom is 0.401 e. The van der Waals surface area contributed by atoms with Crippen LogP contribution in [-0.4, -0.2) is 37.3 Å². The average molecular weight is 303 g/mol. The van der Waals surface area contributed by atoms with E-state index < -0.39 is 12.7 Å². The molecule has 0 amide bonds. The van der Waals surface area contributed by atoms with Crippen molar-refractivity contribution in [2.45, 2.75) is 19.1 Å². The molecule has 1 aliphatic heterocycles. The van der Waals surface area contributed by atoms with Gasteiger partial charge in [-0.3, -0.25) is 4.90 Å². The highest BCUT2D eigenvalue weighted by atomic mass is 32.1. The van der Waals surface area contributed by atoms with Crippen LogP contribution < -0.4 is 5.32 Å². The van der Waals surface area contributed by atoms with Gasteiger partial charge in [-0.1, -0.05) is 0 Å². The van der Waals surface area contributed by atoms with E-state index in [1.165, 1.54) is 16.2 Å². The minimum absolute atomic E-state index is 0.271. The van der Waals surface area contributed by atoms with Crippen LogP contribution in [0.2, 0.25) is 0 Å². The predicted octanol–water partition coefficient (Wildman–Crippen LogP) is 2.59. The standard InChI is InChI=1S/C13H16F3N3S/c14-13(15,16)9-19-4-3-10(8-19)6-18-7-12-2-1-11(5-17)20-12/h1-2,10,18H,3-4,6-9H2. The fraction of sp³-hybridized carbons (Fsp3) is 0.615. The van der Waals surface area contributed by atoms with Gasteiger partial charge in [-0.2, -0.15) is 18.4 Å². The van der Waals surface area contributed by atoms with Crippen LogP contribution in [0.3, 0.4) is 0 Å². The molecule has 1 fully saturated rings. The lowest BCUT2D eigenvalue weighted by atomic mass is 10.1. The molecule has 0 bridgehead atoms. The minimum atomic E-state index is -4.10. The maximum atomic E-state index is 12.3. The van der Waals surface area contributed by atoms with Crippen molar-refractivity contribution < 1.29 is 13.2 Å². The molecule has 0 radical (unpaired) electrons. The molecule has 7 heteroatoms. The van der Waals surface area contributed by atoms with E-state index in [1.807, 2.05) is 6.07 Å². The topological polar surface area (TPSA) is 39.1 Å². The molecule has 3 nitrogen and oxygen atoms in total. The normalized spacial score (nSPS) is 20.2. The molecule has 0 saturated carbocycles. The first-order valence-corrected chi connectivity index (χ1v) is 7.26. The van der Waals surface area contributed by atoms with Gasteiger partial charge in [0, 0.05) is 18.0 Å². The second-order valence-corrected chi connectivity index (χ2v) is 6.18. The summed E-state index contributed by atoms with van der Waals surface area (Å²) >= 11 is 1.44. The van der Waals surface area contributed by atoms with E-state index in [0.717, 1.165) is 11.3 Å². The Labute approximate surface area is 120 Å². The first-order valence-electron chi connectivity index (χ1n) is 6.45. The number of rotatable bonds is 5. The van der Waals surface area contributed by atoms with Crippen molar-refractivity contribution in [1.82, 2.24) is 10.2 Å². The van der Waals surface area contributed by atoms with E-state index >= 15 is 0 Å². The highest BCUT2D eigenvalue weighted by Gasteiger charge is 2.34. The first-order chi connectivity index (χ1) is 9.46. The fourth-order valence-corrected chi connectivity index (χ4v) is 3.18. The van der Waals surface area contributed by atoms with Crippen LogP contribution in [0.25, 0.3) is 0 Å². The Bertz CT molecular complexity index is 478. The number of thiophene rings is 1.